The van der Waals surface area contributed by atoms with Crippen LogP contribution >= 0.6 is 11.6 Å². The van der Waals surface area contributed by atoms with Crippen molar-refractivity contribution in [3.05, 3.63) is 22.8 Å². The molecule has 0 aliphatic heterocycles. The van der Waals surface area contributed by atoms with Gasteiger partial charge in [-0.1, -0.05) is 11.6 Å². The van der Waals surface area contributed by atoms with Crippen molar-refractivity contribution >= 4 is 23.4 Å². The Hall–Kier alpha value is -1.50. The van der Waals surface area contributed by atoms with Gasteiger partial charge in [0.2, 0.25) is 0 Å². The van der Waals surface area contributed by atoms with E-state index in [4.69, 9.17) is 11.6 Å². The number of hydrogen-bond acceptors (Lipinski definition) is 2. The maximum atomic E-state index is 12.6. The third-order valence-electron chi connectivity index (χ3n) is 2.08. The van der Waals surface area contributed by atoms with E-state index in [9.17, 15) is 18.0 Å². The van der Waals surface area contributed by atoms with E-state index in [1.165, 1.54) is 7.05 Å². The smallest absolute Gasteiger partial charge is 0.338 e. The first kappa shape index (κ1) is 14.6. The lowest BCUT2D eigenvalue weighted by molar-refractivity contribution is -0.137. The van der Waals surface area contributed by atoms with Crippen LogP contribution in [0.15, 0.2) is 12.1 Å². The molecule has 0 atom stereocenters. The number of amides is 2. The number of nitrogens with zero attached hydrogens (tertiary/aromatic N) is 2. The molecule has 0 aromatic carbocycles. The summed E-state index contributed by atoms with van der Waals surface area (Å²) in [7, 11) is 1.31. The molecule has 0 aliphatic rings. The summed E-state index contributed by atoms with van der Waals surface area (Å²) < 4.78 is 37.7. The Morgan fingerprint density at radius 3 is 2.61 bits per heavy atom. The van der Waals surface area contributed by atoms with Gasteiger partial charge in [0.1, 0.15) is 11.0 Å². The highest BCUT2D eigenvalue weighted by molar-refractivity contribution is 6.29. The molecule has 0 unspecified atom stereocenters. The van der Waals surface area contributed by atoms with Crippen molar-refractivity contribution in [3.8, 4) is 0 Å². The molecule has 0 radical (unpaired) electrons. The molecule has 2 amide bonds. The Balaban J connectivity index is 3.10. The Bertz CT molecular complexity index is 450. The zero-order chi connectivity index (χ0) is 13.9. The zero-order valence-electron chi connectivity index (χ0n) is 9.68. The summed E-state index contributed by atoms with van der Waals surface area (Å²) in [6, 6.07) is 0.915. The van der Waals surface area contributed by atoms with E-state index in [1.54, 1.807) is 6.92 Å². The molecule has 4 nitrogen and oxygen atoms in total. The second-order valence-corrected chi connectivity index (χ2v) is 3.82. The number of nitrogens with one attached hydrogen (secondary N) is 1. The number of rotatable bonds is 2. The van der Waals surface area contributed by atoms with E-state index < -0.39 is 17.8 Å². The van der Waals surface area contributed by atoms with Gasteiger partial charge < -0.3 is 5.32 Å². The molecule has 0 bridgehead atoms. The fourth-order valence-corrected chi connectivity index (χ4v) is 1.40. The highest BCUT2D eigenvalue weighted by Crippen LogP contribution is 2.32. The van der Waals surface area contributed by atoms with Gasteiger partial charge in [-0.15, -0.1) is 0 Å². The van der Waals surface area contributed by atoms with Crippen LogP contribution in [0.4, 0.5) is 23.8 Å². The molecule has 0 aliphatic carbocycles. The summed E-state index contributed by atoms with van der Waals surface area (Å²) in [6.07, 6.45) is -4.54. The fraction of sp³-hybridized carbons (Fsp3) is 0.400. The SMILES string of the molecule is CCNC(=O)N(C)c1cc(C(F)(F)F)cc(Cl)n1. The average molecular weight is 282 g/mol. The third-order valence-corrected chi connectivity index (χ3v) is 2.28. The molecule has 0 saturated heterocycles. The van der Waals surface area contributed by atoms with Crippen LogP contribution in [0, 0.1) is 0 Å². The average Bonchev–Trinajstić information content (AvgIpc) is 2.26. The van der Waals surface area contributed by atoms with E-state index >= 15 is 0 Å². The van der Waals surface area contributed by atoms with Crippen LogP contribution in [-0.4, -0.2) is 24.6 Å². The van der Waals surface area contributed by atoms with Crippen LogP contribution in [0.3, 0.4) is 0 Å². The molecule has 0 fully saturated rings. The predicted octanol–water partition coefficient (Wildman–Crippen LogP) is 2.92. The van der Waals surface area contributed by atoms with Crippen LogP contribution in [-0.2, 0) is 6.18 Å². The first-order valence-corrected chi connectivity index (χ1v) is 5.40. The monoisotopic (exact) mass is 281 g/mol. The Morgan fingerprint density at radius 2 is 2.11 bits per heavy atom. The minimum Gasteiger partial charge on any atom is -0.338 e. The third kappa shape index (κ3) is 3.49. The van der Waals surface area contributed by atoms with Gasteiger partial charge >= 0.3 is 12.2 Å². The van der Waals surface area contributed by atoms with Crippen LogP contribution in [0.5, 0.6) is 0 Å². The molecule has 0 saturated carbocycles. The van der Waals surface area contributed by atoms with Gasteiger partial charge in [-0.05, 0) is 19.1 Å². The summed E-state index contributed by atoms with van der Waals surface area (Å²) in [5.74, 6) is -0.166. The van der Waals surface area contributed by atoms with Crippen molar-refractivity contribution in [3.63, 3.8) is 0 Å². The molecular formula is C10H11ClF3N3O. The van der Waals surface area contributed by atoms with Gasteiger partial charge in [0.05, 0.1) is 5.56 Å². The van der Waals surface area contributed by atoms with Gasteiger partial charge in [-0.3, -0.25) is 4.90 Å². The number of urea groups is 1. The Kier molecular flexibility index (Phi) is 4.39. The molecule has 1 heterocycles. The van der Waals surface area contributed by atoms with E-state index in [-0.39, 0.29) is 11.0 Å². The normalized spacial score (nSPS) is 11.2. The topological polar surface area (TPSA) is 45.2 Å². The molecular weight excluding hydrogens is 271 g/mol. The summed E-state index contributed by atoms with van der Waals surface area (Å²) in [5, 5.41) is 2.12. The maximum absolute atomic E-state index is 12.6. The number of carbonyl (C=O) groups is 1. The predicted molar refractivity (Wildman–Crippen MR) is 61.7 cm³/mol. The molecule has 1 aromatic heterocycles. The molecule has 18 heavy (non-hydrogen) atoms. The molecule has 1 aromatic rings. The number of hydrogen-bond donors (Lipinski definition) is 1. The lowest BCUT2D eigenvalue weighted by atomic mass is 10.2. The maximum Gasteiger partial charge on any atom is 0.416 e. The number of aromatic nitrogens is 1. The van der Waals surface area contributed by atoms with Crippen LogP contribution in [0.1, 0.15) is 12.5 Å². The van der Waals surface area contributed by atoms with Gasteiger partial charge in [-0.25, -0.2) is 9.78 Å². The zero-order valence-corrected chi connectivity index (χ0v) is 10.4. The van der Waals surface area contributed by atoms with Gasteiger partial charge in [0.15, 0.2) is 0 Å². The van der Waals surface area contributed by atoms with Gasteiger partial charge in [0.25, 0.3) is 0 Å². The van der Waals surface area contributed by atoms with Crippen molar-refractivity contribution in [2.24, 2.45) is 0 Å². The Morgan fingerprint density at radius 1 is 1.50 bits per heavy atom. The highest BCUT2D eigenvalue weighted by atomic mass is 35.5. The molecule has 8 heteroatoms. The van der Waals surface area contributed by atoms with Gasteiger partial charge in [-0.2, -0.15) is 13.2 Å². The van der Waals surface area contributed by atoms with Crippen molar-refractivity contribution in [1.29, 1.82) is 0 Å². The minimum absolute atomic E-state index is 0.166. The summed E-state index contributed by atoms with van der Waals surface area (Å²) >= 11 is 5.51. The minimum atomic E-state index is -4.54. The number of anilines is 1. The summed E-state index contributed by atoms with van der Waals surface area (Å²) in [6.45, 7) is 2.05. The fourth-order valence-electron chi connectivity index (χ4n) is 1.19. The largest absolute Gasteiger partial charge is 0.416 e. The first-order chi connectivity index (χ1) is 8.25. The van der Waals surface area contributed by atoms with E-state index in [0.29, 0.717) is 12.6 Å². The van der Waals surface area contributed by atoms with E-state index in [1.807, 2.05) is 0 Å². The lowest BCUT2D eigenvalue weighted by Gasteiger charge is -2.18. The molecule has 0 spiro atoms. The van der Waals surface area contributed by atoms with Crippen LogP contribution < -0.4 is 10.2 Å². The summed E-state index contributed by atoms with van der Waals surface area (Å²) in [4.78, 5) is 16.1. The van der Waals surface area contributed by atoms with Crippen molar-refractivity contribution < 1.29 is 18.0 Å². The first-order valence-electron chi connectivity index (χ1n) is 5.02. The molecule has 1 N–H and O–H groups in total. The number of halogens is 4. The number of alkyl halides is 3. The van der Waals surface area contributed by atoms with Crippen molar-refractivity contribution in [1.82, 2.24) is 10.3 Å². The van der Waals surface area contributed by atoms with E-state index in [2.05, 4.69) is 10.3 Å². The highest BCUT2D eigenvalue weighted by Gasteiger charge is 2.32. The summed E-state index contributed by atoms with van der Waals surface area (Å²) in [5.41, 5.74) is -0.950. The van der Waals surface area contributed by atoms with Crippen LogP contribution in [0.25, 0.3) is 0 Å². The van der Waals surface area contributed by atoms with Crippen molar-refractivity contribution in [2.75, 3.05) is 18.5 Å². The Labute approximate surface area is 107 Å². The second-order valence-electron chi connectivity index (χ2n) is 3.43. The number of carbonyl (C=O) groups excluding carboxylic acids is 1. The van der Waals surface area contributed by atoms with Crippen LogP contribution in [0.2, 0.25) is 5.15 Å². The molecule has 100 valence electrons. The lowest BCUT2D eigenvalue weighted by Crippen LogP contribution is -2.37. The standard InChI is InChI=1S/C10H11ClF3N3O/c1-3-15-9(18)17(2)8-5-6(10(12,13)14)4-7(11)16-8/h4-5H,3H2,1-2H3,(H,15,18). The molecule has 1 rings (SSSR count). The quantitative estimate of drug-likeness (QED) is 0.847. The number of pyridine rings is 1. The van der Waals surface area contributed by atoms with Crippen molar-refractivity contribution in [2.45, 2.75) is 13.1 Å². The van der Waals surface area contributed by atoms with Gasteiger partial charge in [0, 0.05) is 13.6 Å². The van der Waals surface area contributed by atoms with E-state index in [0.717, 1.165) is 11.0 Å². The second kappa shape index (κ2) is 5.43.